The van der Waals surface area contributed by atoms with Crippen molar-refractivity contribution in [3.63, 3.8) is 0 Å². The quantitative estimate of drug-likeness (QED) is 0.764. The summed E-state index contributed by atoms with van der Waals surface area (Å²) in [6, 6.07) is 4.09. The highest BCUT2D eigenvalue weighted by atomic mass is 79.9. The van der Waals surface area contributed by atoms with E-state index in [1.54, 1.807) is 0 Å². The Labute approximate surface area is 131 Å². The van der Waals surface area contributed by atoms with Gasteiger partial charge in [0.1, 0.15) is 11.6 Å². The minimum atomic E-state index is -0.499. The van der Waals surface area contributed by atoms with Crippen molar-refractivity contribution in [1.29, 1.82) is 0 Å². The highest BCUT2D eigenvalue weighted by Crippen LogP contribution is 2.29. The van der Waals surface area contributed by atoms with Crippen LogP contribution < -0.4 is 5.32 Å². The summed E-state index contributed by atoms with van der Waals surface area (Å²) < 4.78 is 27.6. The van der Waals surface area contributed by atoms with E-state index < -0.39 is 11.6 Å². The molecule has 0 fully saturated rings. The monoisotopic (exact) mass is 354 g/mol. The first kappa shape index (κ1) is 15.9. The van der Waals surface area contributed by atoms with E-state index in [0.29, 0.717) is 0 Å². The summed E-state index contributed by atoms with van der Waals surface area (Å²) in [6.45, 7) is 7.76. The molecule has 2 nitrogen and oxygen atoms in total. The second-order valence-corrected chi connectivity index (χ2v) is 6.05. The van der Waals surface area contributed by atoms with E-state index in [4.69, 9.17) is 0 Å². The third-order valence-electron chi connectivity index (χ3n) is 3.40. The molecule has 0 saturated carbocycles. The van der Waals surface area contributed by atoms with Crippen molar-refractivity contribution in [1.82, 2.24) is 4.98 Å². The van der Waals surface area contributed by atoms with Gasteiger partial charge >= 0.3 is 0 Å². The molecule has 0 spiro atoms. The number of benzene rings is 1. The minimum Gasteiger partial charge on any atom is -0.376 e. The maximum absolute atomic E-state index is 13.9. The normalized spacial score (nSPS) is 12.3. The molecule has 1 atom stereocenters. The number of nitrogens with zero attached hydrogens (tertiary/aromatic N) is 1. The van der Waals surface area contributed by atoms with Crippen LogP contribution in [0.25, 0.3) is 0 Å². The summed E-state index contributed by atoms with van der Waals surface area (Å²) in [5, 5.41) is 3.02. The topological polar surface area (TPSA) is 24.9 Å². The summed E-state index contributed by atoms with van der Waals surface area (Å²) in [5.74, 6) is -0.993. The van der Waals surface area contributed by atoms with Gasteiger partial charge in [-0.1, -0.05) is 0 Å². The zero-order valence-electron chi connectivity index (χ0n) is 12.4. The first-order valence-electron chi connectivity index (χ1n) is 6.65. The lowest BCUT2D eigenvalue weighted by Crippen LogP contribution is -2.12. The molecule has 1 heterocycles. The van der Waals surface area contributed by atoms with Crippen molar-refractivity contribution in [3.05, 3.63) is 56.8 Å². The minimum absolute atomic E-state index is 0.113. The van der Waals surface area contributed by atoms with Gasteiger partial charge in [0.2, 0.25) is 0 Å². The number of anilines is 1. The van der Waals surface area contributed by atoms with Crippen molar-refractivity contribution in [2.75, 3.05) is 5.32 Å². The van der Waals surface area contributed by atoms with Gasteiger partial charge < -0.3 is 5.32 Å². The van der Waals surface area contributed by atoms with Gasteiger partial charge in [-0.15, -0.1) is 0 Å². The summed E-state index contributed by atoms with van der Waals surface area (Å²) >= 11 is 2.97. The van der Waals surface area contributed by atoms with Crippen molar-refractivity contribution in [3.8, 4) is 0 Å². The van der Waals surface area contributed by atoms with E-state index in [9.17, 15) is 8.78 Å². The van der Waals surface area contributed by atoms with Crippen LogP contribution in [0.4, 0.5) is 14.5 Å². The van der Waals surface area contributed by atoms with E-state index in [0.717, 1.165) is 34.6 Å². The second kappa shape index (κ2) is 6.10. The fourth-order valence-corrected chi connectivity index (χ4v) is 2.94. The predicted molar refractivity (Wildman–Crippen MR) is 84.5 cm³/mol. The Morgan fingerprint density at radius 1 is 1.10 bits per heavy atom. The van der Waals surface area contributed by atoms with E-state index >= 15 is 0 Å². The Hall–Kier alpha value is -1.49. The molecule has 0 aliphatic heterocycles. The molecule has 21 heavy (non-hydrogen) atoms. The largest absolute Gasteiger partial charge is 0.376 e. The van der Waals surface area contributed by atoms with E-state index in [2.05, 4.69) is 26.2 Å². The van der Waals surface area contributed by atoms with Crippen molar-refractivity contribution in [2.24, 2.45) is 0 Å². The van der Waals surface area contributed by atoms with Gasteiger partial charge in [-0.05, 0) is 66.9 Å². The van der Waals surface area contributed by atoms with Crippen LogP contribution >= 0.6 is 15.9 Å². The lowest BCUT2D eigenvalue weighted by molar-refractivity contribution is 0.594. The summed E-state index contributed by atoms with van der Waals surface area (Å²) in [7, 11) is 0. The van der Waals surface area contributed by atoms with Crippen LogP contribution in [0, 0.1) is 32.4 Å². The molecule has 1 N–H and O–H groups in total. The number of rotatable bonds is 3. The average molecular weight is 355 g/mol. The Morgan fingerprint density at radius 3 is 2.38 bits per heavy atom. The highest BCUT2D eigenvalue weighted by molar-refractivity contribution is 9.10. The van der Waals surface area contributed by atoms with Crippen molar-refractivity contribution in [2.45, 2.75) is 33.7 Å². The number of pyridine rings is 1. The fraction of sp³-hybridized carbons (Fsp3) is 0.312. The van der Waals surface area contributed by atoms with Crippen molar-refractivity contribution < 1.29 is 8.78 Å². The lowest BCUT2D eigenvalue weighted by atomic mass is 10.00. The fourth-order valence-electron chi connectivity index (χ4n) is 2.63. The highest BCUT2D eigenvalue weighted by Gasteiger charge is 2.16. The van der Waals surface area contributed by atoms with Gasteiger partial charge in [-0.25, -0.2) is 8.78 Å². The first-order valence-corrected chi connectivity index (χ1v) is 7.44. The van der Waals surface area contributed by atoms with Crippen LogP contribution in [-0.4, -0.2) is 4.98 Å². The molecule has 1 aromatic heterocycles. The van der Waals surface area contributed by atoms with Crippen LogP contribution in [0.15, 0.2) is 22.7 Å². The molecule has 2 rings (SSSR count). The lowest BCUT2D eigenvalue weighted by Gasteiger charge is -2.20. The van der Waals surface area contributed by atoms with Crippen molar-refractivity contribution >= 4 is 21.6 Å². The van der Waals surface area contributed by atoms with E-state index in [1.165, 1.54) is 0 Å². The number of nitrogens with one attached hydrogen (secondary N) is 1. The summed E-state index contributed by atoms with van der Waals surface area (Å²) in [6.07, 6.45) is 0. The summed E-state index contributed by atoms with van der Waals surface area (Å²) in [5.41, 5.74) is 4.07. The Kier molecular flexibility index (Phi) is 4.61. The number of hydrogen-bond donors (Lipinski definition) is 1. The third-order valence-corrected chi connectivity index (χ3v) is 4.01. The van der Waals surface area contributed by atoms with Gasteiger partial charge in [0.25, 0.3) is 0 Å². The van der Waals surface area contributed by atoms with E-state index in [1.807, 2.05) is 33.8 Å². The van der Waals surface area contributed by atoms with Crippen LogP contribution in [0.5, 0.6) is 0 Å². The Bertz CT molecular complexity index is 663. The maximum atomic E-state index is 13.9. The molecule has 0 saturated heterocycles. The SMILES string of the molecule is Cc1cc(C)c(C(C)Nc2cc(F)c(Br)cc2F)c(C)n1. The van der Waals surface area contributed by atoms with Crippen LogP contribution in [-0.2, 0) is 0 Å². The molecular formula is C16H17BrF2N2. The number of hydrogen-bond acceptors (Lipinski definition) is 2. The van der Waals surface area contributed by atoms with Gasteiger partial charge in [0.05, 0.1) is 16.2 Å². The van der Waals surface area contributed by atoms with E-state index in [-0.39, 0.29) is 16.2 Å². The number of aryl methyl sites for hydroxylation is 3. The number of aromatic nitrogens is 1. The van der Waals surface area contributed by atoms with Gasteiger partial charge in [-0.3, -0.25) is 4.98 Å². The van der Waals surface area contributed by atoms with Crippen LogP contribution in [0.2, 0.25) is 0 Å². The molecule has 0 aliphatic carbocycles. The Balaban J connectivity index is 2.35. The predicted octanol–water partition coefficient (Wildman–Crippen LogP) is 5.22. The van der Waals surface area contributed by atoms with Gasteiger partial charge in [-0.2, -0.15) is 0 Å². The third kappa shape index (κ3) is 3.40. The molecule has 1 unspecified atom stereocenters. The molecular weight excluding hydrogens is 338 g/mol. The average Bonchev–Trinajstić information content (AvgIpc) is 2.34. The molecule has 1 aromatic carbocycles. The zero-order valence-corrected chi connectivity index (χ0v) is 14.0. The smallest absolute Gasteiger partial charge is 0.147 e. The maximum Gasteiger partial charge on any atom is 0.147 e. The molecule has 0 radical (unpaired) electrons. The number of halogens is 3. The zero-order chi connectivity index (χ0) is 15.7. The van der Waals surface area contributed by atoms with Crippen LogP contribution in [0.3, 0.4) is 0 Å². The molecule has 5 heteroatoms. The Morgan fingerprint density at radius 2 is 1.76 bits per heavy atom. The second-order valence-electron chi connectivity index (χ2n) is 5.19. The van der Waals surface area contributed by atoms with Gasteiger partial charge in [0.15, 0.2) is 0 Å². The summed E-state index contributed by atoms with van der Waals surface area (Å²) in [4.78, 5) is 4.44. The molecule has 2 aromatic rings. The first-order chi connectivity index (χ1) is 9.79. The van der Waals surface area contributed by atoms with Gasteiger partial charge in [0, 0.05) is 17.5 Å². The molecule has 0 bridgehead atoms. The molecule has 0 amide bonds. The standard InChI is InChI=1S/C16H17BrF2N2/c1-8-5-9(2)20-10(3)16(8)11(4)21-15-7-13(18)12(17)6-14(15)19/h5-7,11,21H,1-4H3. The molecule has 0 aliphatic rings. The molecule has 112 valence electrons. The van der Waals surface area contributed by atoms with Crippen LogP contribution in [0.1, 0.15) is 35.5 Å².